The Bertz CT molecular complexity index is 231. The molecule has 0 saturated heterocycles. The molecule has 0 aromatic carbocycles. The molecule has 1 aromatic heterocycles. The molecule has 0 saturated carbocycles. The van der Waals surface area contributed by atoms with Gasteiger partial charge in [0.25, 0.3) is 0 Å². The number of unbranched alkanes of at least 4 members (excludes halogenated alkanes) is 3. The molecule has 0 bridgehead atoms. The van der Waals surface area contributed by atoms with Crippen LogP contribution < -0.4 is 5.32 Å². The molecule has 1 heterocycles. The lowest BCUT2D eigenvalue weighted by Gasteiger charge is -2.08. The molecular weight excluding hydrogens is 186 g/mol. The molecule has 15 heavy (non-hydrogen) atoms. The summed E-state index contributed by atoms with van der Waals surface area (Å²) in [4.78, 5) is 4.32. The van der Waals surface area contributed by atoms with E-state index >= 15 is 0 Å². The van der Waals surface area contributed by atoms with Crippen LogP contribution in [0.4, 0.5) is 5.95 Å². The van der Waals surface area contributed by atoms with E-state index in [1.807, 2.05) is 6.20 Å². The first-order chi connectivity index (χ1) is 7.38. The van der Waals surface area contributed by atoms with Gasteiger partial charge < -0.3 is 9.88 Å². The van der Waals surface area contributed by atoms with Gasteiger partial charge in [-0.25, -0.2) is 4.98 Å². The van der Waals surface area contributed by atoms with Crippen molar-refractivity contribution in [3.05, 3.63) is 12.4 Å². The van der Waals surface area contributed by atoms with E-state index in [0.717, 1.165) is 19.0 Å². The molecule has 3 nitrogen and oxygen atoms in total. The number of hydrogen-bond acceptors (Lipinski definition) is 2. The Morgan fingerprint density at radius 2 is 2.00 bits per heavy atom. The Morgan fingerprint density at radius 1 is 1.20 bits per heavy atom. The van der Waals surface area contributed by atoms with Crippen molar-refractivity contribution in [2.24, 2.45) is 0 Å². The third kappa shape index (κ3) is 4.36. The molecule has 0 radical (unpaired) electrons. The molecule has 1 aromatic rings. The topological polar surface area (TPSA) is 29.9 Å². The molecule has 1 rings (SSSR count). The van der Waals surface area contributed by atoms with Crippen LogP contribution in [-0.4, -0.2) is 16.1 Å². The summed E-state index contributed by atoms with van der Waals surface area (Å²) < 4.78 is 2.21. The van der Waals surface area contributed by atoms with Crippen LogP contribution in [-0.2, 0) is 6.54 Å². The molecule has 0 fully saturated rings. The average molecular weight is 209 g/mol. The van der Waals surface area contributed by atoms with E-state index in [0.29, 0.717) is 0 Å². The van der Waals surface area contributed by atoms with Crippen molar-refractivity contribution in [2.75, 3.05) is 11.9 Å². The minimum absolute atomic E-state index is 1.03. The van der Waals surface area contributed by atoms with Gasteiger partial charge in [0.2, 0.25) is 5.95 Å². The summed E-state index contributed by atoms with van der Waals surface area (Å²) in [6.45, 7) is 6.55. The Kier molecular flexibility index (Phi) is 5.90. The van der Waals surface area contributed by atoms with Crippen LogP contribution in [0.1, 0.15) is 46.0 Å². The van der Waals surface area contributed by atoms with Crippen molar-refractivity contribution in [1.29, 1.82) is 0 Å². The van der Waals surface area contributed by atoms with Crippen LogP contribution >= 0.6 is 0 Å². The summed E-state index contributed by atoms with van der Waals surface area (Å²) >= 11 is 0. The minimum Gasteiger partial charge on any atom is -0.356 e. The highest BCUT2D eigenvalue weighted by atomic mass is 15.2. The summed E-state index contributed by atoms with van der Waals surface area (Å²) in [6.07, 6.45) is 10.2. The van der Waals surface area contributed by atoms with Gasteiger partial charge >= 0.3 is 0 Å². The Labute approximate surface area is 92.9 Å². The van der Waals surface area contributed by atoms with Gasteiger partial charge in [0.15, 0.2) is 0 Å². The summed E-state index contributed by atoms with van der Waals surface area (Å²) in [5.74, 6) is 1.03. The SMILES string of the molecule is CCCCCn1ccnc1NCCCC. The first-order valence-corrected chi connectivity index (χ1v) is 6.13. The van der Waals surface area contributed by atoms with Crippen molar-refractivity contribution >= 4 is 5.95 Å². The van der Waals surface area contributed by atoms with Crippen LogP contribution in [0, 0.1) is 0 Å². The van der Waals surface area contributed by atoms with Gasteiger partial charge in [-0.15, -0.1) is 0 Å². The van der Waals surface area contributed by atoms with E-state index in [4.69, 9.17) is 0 Å². The smallest absolute Gasteiger partial charge is 0.202 e. The van der Waals surface area contributed by atoms with Gasteiger partial charge in [-0.3, -0.25) is 0 Å². The lowest BCUT2D eigenvalue weighted by molar-refractivity contribution is 0.604. The fraction of sp³-hybridized carbons (Fsp3) is 0.750. The molecule has 3 heteroatoms. The molecule has 0 aliphatic rings. The molecular formula is C12H23N3. The monoisotopic (exact) mass is 209 g/mol. The zero-order valence-corrected chi connectivity index (χ0v) is 10.00. The zero-order chi connectivity index (χ0) is 10.9. The maximum absolute atomic E-state index is 4.32. The molecule has 86 valence electrons. The van der Waals surface area contributed by atoms with Crippen molar-refractivity contribution in [3.63, 3.8) is 0 Å². The summed E-state index contributed by atoms with van der Waals surface area (Å²) in [7, 11) is 0. The molecule has 0 amide bonds. The third-order valence-corrected chi connectivity index (χ3v) is 2.53. The summed E-state index contributed by atoms with van der Waals surface area (Å²) in [5, 5.41) is 3.37. The standard InChI is InChI=1S/C12H23N3/c1-3-5-7-10-15-11-9-14-12(15)13-8-6-4-2/h9,11H,3-8,10H2,1-2H3,(H,13,14). The second-order valence-electron chi connectivity index (χ2n) is 3.93. The molecule has 0 atom stereocenters. The minimum atomic E-state index is 1.03. The van der Waals surface area contributed by atoms with Crippen LogP contribution in [0.2, 0.25) is 0 Å². The fourth-order valence-corrected chi connectivity index (χ4v) is 1.57. The van der Waals surface area contributed by atoms with E-state index in [1.54, 1.807) is 0 Å². The average Bonchev–Trinajstić information content (AvgIpc) is 2.67. The Balaban J connectivity index is 2.32. The van der Waals surface area contributed by atoms with E-state index in [2.05, 4.69) is 34.9 Å². The van der Waals surface area contributed by atoms with Crippen molar-refractivity contribution in [3.8, 4) is 0 Å². The lowest BCUT2D eigenvalue weighted by Crippen LogP contribution is -2.08. The van der Waals surface area contributed by atoms with E-state index in [1.165, 1.54) is 32.1 Å². The number of anilines is 1. The second-order valence-corrected chi connectivity index (χ2v) is 3.93. The van der Waals surface area contributed by atoms with Crippen molar-refractivity contribution in [1.82, 2.24) is 9.55 Å². The van der Waals surface area contributed by atoms with Gasteiger partial charge in [-0.05, 0) is 12.8 Å². The number of aryl methyl sites for hydroxylation is 1. The van der Waals surface area contributed by atoms with E-state index in [9.17, 15) is 0 Å². The van der Waals surface area contributed by atoms with Crippen LogP contribution in [0.15, 0.2) is 12.4 Å². The van der Waals surface area contributed by atoms with Crippen molar-refractivity contribution in [2.45, 2.75) is 52.5 Å². The van der Waals surface area contributed by atoms with Gasteiger partial charge in [0.05, 0.1) is 0 Å². The predicted octanol–water partition coefficient (Wildman–Crippen LogP) is 3.29. The Hall–Kier alpha value is -0.990. The maximum Gasteiger partial charge on any atom is 0.202 e. The molecule has 0 aliphatic heterocycles. The van der Waals surface area contributed by atoms with Gasteiger partial charge in [0.1, 0.15) is 0 Å². The van der Waals surface area contributed by atoms with Crippen LogP contribution in [0.3, 0.4) is 0 Å². The van der Waals surface area contributed by atoms with Gasteiger partial charge in [-0.2, -0.15) is 0 Å². The van der Waals surface area contributed by atoms with Gasteiger partial charge in [-0.1, -0.05) is 33.1 Å². The first kappa shape index (κ1) is 12.1. The molecule has 0 aliphatic carbocycles. The second kappa shape index (κ2) is 7.32. The van der Waals surface area contributed by atoms with E-state index < -0.39 is 0 Å². The number of aromatic nitrogens is 2. The number of imidazole rings is 1. The lowest BCUT2D eigenvalue weighted by atomic mass is 10.2. The summed E-state index contributed by atoms with van der Waals surface area (Å²) in [5.41, 5.74) is 0. The number of rotatable bonds is 8. The maximum atomic E-state index is 4.32. The predicted molar refractivity (Wildman–Crippen MR) is 65.1 cm³/mol. The molecule has 1 N–H and O–H groups in total. The third-order valence-electron chi connectivity index (χ3n) is 2.53. The highest BCUT2D eigenvalue weighted by Gasteiger charge is 2.00. The quantitative estimate of drug-likeness (QED) is 0.666. The van der Waals surface area contributed by atoms with Crippen molar-refractivity contribution < 1.29 is 0 Å². The number of nitrogens with zero attached hydrogens (tertiary/aromatic N) is 2. The fourth-order valence-electron chi connectivity index (χ4n) is 1.57. The van der Waals surface area contributed by atoms with Crippen LogP contribution in [0.25, 0.3) is 0 Å². The molecule has 0 unspecified atom stereocenters. The first-order valence-electron chi connectivity index (χ1n) is 6.13. The van der Waals surface area contributed by atoms with E-state index in [-0.39, 0.29) is 0 Å². The Morgan fingerprint density at radius 3 is 2.73 bits per heavy atom. The van der Waals surface area contributed by atoms with Crippen LogP contribution in [0.5, 0.6) is 0 Å². The zero-order valence-electron chi connectivity index (χ0n) is 10.00. The normalized spacial score (nSPS) is 10.5. The number of hydrogen-bond donors (Lipinski definition) is 1. The molecule has 0 spiro atoms. The number of nitrogens with one attached hydrogen (secondary N) is 1. The van der Waals surface area contributed by atoms with Gasteiger partial charge in [0, 0.05) is 25.5 Å². The highest BCUT2D eigenvalue weighted by Crippen LogP contribution is 2.07. The highest BCUT2D eigenvalue weighted by molar-refractivity contribution is 5.25. The largest absolute Gasteiger partial charge is 0.356 e. The summed E-state index contributed by atoms with van der Waals surface area (Å²) in [6, 6.07) is 0.